The van der Waals surface area contributed by atoms with Crippen molar-refractivity contribution in [3.05, 3.63) is 30.2 Å². The van der Waals surface area contributed by atoms with Crippen LogP contribution < -0.4 is 5.32 Å². The van der Waals surface area contributed by atoms with Gasteiger partial charge < -0.3 is 19.4 Å². The first-order chi connectivity index (χ1) is 11.8. The molecule has 130 valence electrons. The van der Waals surface area contributed by atoms with Gasteiger partial charge in [0, 0.05) is 33.4 Å². The van der Waals surface area contributed by atoms with Crippen molar-refractivity contribution in [2.75, 3.05) is 33.4 Å². The van der Waals surface area contributed by atoms with Gasteiger partial charge in [0.2, 0.25) is 0 Å². The zero-order valence-corrected chi connectivity index (χ0v) is 14.2. The number of likely N-dealkylation sites (tertiary alicyclic amines) is 1. The van der Waals surface area contributed by atoms with Gasteiger partial charge in [0.05, 0.1) is 5.92 Å². The number of urea groups is 1. The number of fused-ring (bicyclic) bond motifs is 1. The molecule has 1 saturated heterocycles. The van der Waals surface area contributed by atoms with Crippen LogP contribution in [-0.2, 0) is 4.74 Å². The zero-order chi connectivity index (χ0) is 16.8. The maximum Gasteiger partial charge on any atom is 0.317 e. The smallest absolute Gasteiger partial charge is 0.317 e. The minimum absolute atomic E-state index is 0.00762. The van der Waals surface area contributed by atoms with Crippen LogP contribution in [-0.4, -0.2) is 49.3 Å². The number of carbonyl (C=O) groups is 1. The van der Waals surface area contributed by atoms with Gasteiger partial charge in [-0.05, 0) is 37.8 Å². The summed E-state index contributed by atoms with van der Waals surface area (Å²) in [6.45, 7) is 2.88. The molecule has 2 heterocycles. The highest BCUT2D eigenvalue weighted by molar-refractivity contribution is 5.74. The van der Waals surface area contributed by atoms with Gasteiger partial charge in [0.1, 0.15) is 5.52 Å². The molecule has 1 aromatic heterocycles. The van der Waals surface area contributed by atoms with Crippen LogP contribution in [0.15, 0.2) is 28.7 Å². The normalized spacial score (nSPS) is 18.0. The molecular formula is C18H25N3O3. The Bertz CT molecular complexity index is 637. The Morgan fingerprint density at radius 3 is 3.12 bits per heavy atom. The molecule has 2 amide bonds. The second-order valence-electron chi connectivity index (χ2n) is 6.24. The van der Waals surface area contributed by atoms with Crippen molar-refractivity contribution in [1.29, 1.82) is 0 Å². The third-order valence-electron chi connectivity index (χ3n) is 4.42. The number of oxazole rings is 1. The third-order valence-corrected chi connectivity index (χ3v) is 4.42. The second-order valence-corrected chi connectivity index (χ2v) is 6.24. The number of ether oxygens (including phenoxy) is 1. The topological polar surface area (TPSA) is 67.6 Å². The average molecular weight is 331 g/mol. The minimum atomic E-state index is 0.00762. The number of aromatic nitrogens is 1. The van der Waals surface area contributed by atoms with Crippen molar-refractivity contribution in [1.82, 2.24) is 15.2 Å². The van der Waals surface area contributed by atoms with E-state index in [1.54, 1.807) is 7.11 Å². The maximum atomic E-state index is 12.3. The summed E-state index contributed by atoms with van der Waals surface area (Å²) in [4.78, 5) is 18.8. The Kier molecular flexibility index (Phi) is 5.69. The van der Waals surface area contributed by atoms with E-state index in [4.69, 9.17) is 9.15 Å². The van der Waals surface area contributed by atoms with Gasteiger partial charge >= 0.3 is 6.03 Å². The molecule has 24 heavy (non-hydrogen) atoms. The number of nitrogens with one attached hydrogen (secondary N) is 1. The monoisotopic (exact) mass is 331 g/mol. The summed E-state index contributed by atoms with van der Waals surface area (Å²) in [7, 11) is 1.69. The lowest BCUT2D eigenvalue weighted by atomic mass is 9.98. The van der Waals surface area contributed by atoms with Crippen molar-refractivity contribution >= 4 is 17.1 Å². The number of para-hydroxylation sites is 2. The SMILES string of the molecule is COCCCCNC(=O)N1CCC[C@@H](c2nc3ccccc3o2)C1. The highest BCUT2D eigenvalue weighted by atomic mass is 16.5. The molecule has 1 fully saturated rings. The molecule has 0 bridgehead atoms. The van der Waals surface area contributed by atoms with Crippen molar-refractivity contribution in [3.63, 3.8) is 0 Å². The molecule has 0 saturated carbocycles. The number of methoxy groups -OCH3 is 1. The van der Waals surface area contributed by atoms with Crippen LogP contribution in [0, 0.1) is 0 Å². The largest absolute Gasteiger partial charge is 0.440 e. The number of piperidine rings is 1. The lowest BCUT2D eigenvalue weighted by Gasteiger charge is -2.31. The third kappa shape index (κ3) is 4.06. The summed E-state index contributed by atoms with van der Waals surface area (Å²) >= 11 is 0. The van der Waals surface area contributed by atoms with Crippen LogP contribution in [0.2, 0.25) is 0 Å². The summed E-state index contributed by atoms with van der Waals surface area (Å²) in [5.41, 5.74) is 1.69. The standard InChI is InChI=1S/C18H25N3O3/c1-23-12-5-4-10-19-18(22)21-11-6-7-14(13-21)17-20-15-8-2-3-9-16(15)24-17/h2-3,8-9,14H,4-7,10-13H2,1H3,(H,19,22)/t14-/m1/s1. The number of amides is 2. The molecule has 0 spiro atoms. The molecule has 1 aliphatic heterocycles. The van der Waals surface area contributed by atoms with Crippen molar-refractivity contribution < 1.29 is 13.9 Å². The van der Waals surface area contributed by atoms with Crippen LogP contribution >= 0.6 is 0 Å². The van der Waals surface area contributed by atoms with Gasteiger partial charge in [-0.15, -0.1) is 0 Å². The number of benzene rings is 1. The Morgan fingerprint density at radius 1 is 1.42 bits per heavy atom. The van der Waals surface area contributed by atoms with Gasteiger partial charge in [-0.1, -0.05) is 12.1 Å². The van der Waals surface area contributed by atoms with Crippen LogP contribution in [0.4, 0.5) is 4.79 Å². The summed E-state index contributed by atoms with van der Waals surface area (Å²) < 4.78 is 10.9. The molecule has 2 aromatic rings. The molecule has 1 atom stereocenters. The molecule has 6 nitrogen and oxygen atoms in total. The predicted octanol–water partition coefficient (Wildman–Crippen LogP) is 3.14. The summed E-state index contributed by atoms with van der Waals surface area (Å²) in [6, 6.07) is 7.79. The van der Waals surface area contributed by atoms with E-state index in [9.17, 15) is 4.79 Å². The Morgan fingerprint density at radius 2 is 2.29 bits per heavy atom. The fraction of sp³-hybridized carbons (Fsp3) is 0.556. The second kappa shape index (κ2) is 8.15. The van der Waals surface area contributed by atoms with Gasteiger partial charge in [-0.2, -0.15) is 0 Å². The molecule has 1 aliphatic rings. The first-order valence-electron chi connectivity index (χ1n) is 8.65. The predicted molar refractivity (Wildman–Crippen MR) is 92.1 cm³/mol. The summed E-state index contributed by atoms with van der Waals surface area (Å²) in [6.07, 6.45) is 3.87. The molecule has 1 N–H and O–H groups in total. The van der Waals surface area contributed by atoms with Crippen molar-refractivity contribution in [2.45, 2.75) is 31.6 Å². The van der Waals surface area contributed by atoms with E-state index in [1.165, 1.54) is 0 Å². The average Bonchev–Trinajstić information content (AvgIpc) is 3.06. The van der Waals surface area contributed by atoms with Gasteiger partial charge in [-0.25, -0.2) is 9.78 Å². The highest BCUT2D eigenvalue weighted by Gasteiger charge is 2.27. The highest BCUT2D eigenvalue weighted by Crippen LogP contribution is 2.28. The Hall–Kier alpha value is -2.08. The number of hydrogen-bond donors (Lipinski definition) is 1. The quantitative estimate of drug-likeness (QED) is 0.826. The first-order valence-corrected chi connectivity index (χ1v) is 8.65. The minimum Gasteiger partial charge on any atom is -0.440 e. The van der Waals surface area contributed by atoms with E-state index >= 15 is 0 Å². The molecule has 0 unspecified atom stereocenters. The van der Waals surface area contributed by atoms with E-state index < -0.39 is 0 Å². The Labute approximate surface area is 142 Å². The van der Waals surface area contributed by atoms with Crippen molar-refractivity contribution in [3.8, 4) is 0 Å². The van der Waals surface area contributed by atoms with Crippen LogP contribution in [0.1, 0.15) is 37.5 Å². The van der Waals surface area contributed by atoms with Gasteiger partial charge in [0.25, 0.3) is 0 Å². The van der Waals surface area contributed by atoms with E-state index in [2.05, 4.69) is 10.3 Å². The van der Waals surface area contributed by atoms with E-state index in [-0.39, 0.29) is 11.9 Å². The molecule has 0 aliphatic carbocycles. The number of hydrogen-bond acceptors (Lipinski definition) is 4. The van der Waals surface area contributed by atoms with Gasteiger partial charge in [-0.3, -0.25) is 0 Å². The van der Waals surface area contributed by atoms with E-state index in [1.807, 2.05) is 29.2 Å². The number of nitrogens with zero attached hydrogens (tertiary/aromatic N) is 2. The Balaban J connectivity index is 1.54. The number of rotatable bonds is 6. The summed E-state index contributed by atoms with van der Waals surface area (Å²) in [5, 5.41) is 2.99. The van der Waals surface area contributed by atoms with E-state index in [0.717, 1.165) is 55.8 Å². The first kappa shape index (κ1) is 16.8. The van der Waals surface area contributed by atoms with Crippen LogP contribution in [0.3, 0.4) is 0 Å². The van der Waals surface area contributed by atoms with Gasteiger partial charge in [0.15, 0.2) is 11.5 Å². The molecule has 0 radical (unpaired) electrons. The lowest BCUT2D eigenvalue weighted by molar-refractivity contribution is 0.172. The number of carbonyl (C=O) groups excluding carboxylic acids is 1. The number of unbranched alkanes of at least 4 members (excludes halogenated alkanes) is 1. The lowest BCUT2D eigenvalue weighted by Crippen LogP contribution is -2.45. The molecule has 3 rings (SSSR count). The molecule has 6 heteroatoms. The van der Waals surface area contributed by atoms with E-state index in [0.29, 0.717) is 13.1 Å². The fourth-order valence-electron chi connectivity index (χ4n) is 3.11. The molecule has 1 aromatic carbocycles. The summed E-state index contributed by atoms with van der Waals surface area (Å²) in [5.74, 6) is 0.916. The molecular weight excluding hydrogens is 306 g/mol. The van der Waals surface area contributed by atoms with Crippen LogP contribution in [0.25, 0.3) is 11.1 Å². The van der Waals surface area contributed by atoms with Crippen molar-refractivity contribution in [2.24, 2.45) is 0 Å². The zero-order valence-electron chi connectivity index (χ0n) is 14.2. The van der Waals surface area contributed by atoms with Crippen LogP contribution in [0.5, 0.6) is 0 Å². The maximum absolute atomic E-state index is 12.3. The fourth-order valence-corrected chi connectivity index (χ4v) is 3.11.